The molecule has 0 bridgehead atoms. The summed E-state index contributed by atoms with van der Waals surface area (Å²) in [7, 11) is 1.37. The van der Waals surface area contributed by atoms with Gasteiger partial charge in [-0.1, -0.05) is 11.2 Å². The fourth-order valence-corrected chi connectivity index (χ4v) is 4.27. The fraction of sp³-hybridized carbons (Fsp3) is 0.500. The Morgan fingerprint density at radius 3 is 2.58 bits per heavy atom. The number of nitrogens with one attached hydrogen (secondary N) is 2. The van der Waals surface area contributed by atoms with E-state index < -0.39 is 41.4 Å². The van der Waals surface area contributed by atoms with Crippen LogP contribution < -0.4 is 10.6 Å². The van der Waals surface area contributed by atoms with E-state index in [4.69, 9.17) is 4.52 Å². The van der Waals surface area contributed by atoms with E-state index in [0.29, 0.717) is 18.4 Å². The first-order chi connectivity index (χ1) is 18.0. The standard InChI is InChI=1S/C26H33F2N5O5/c1-15-7-5-6-10-33(15)23(34)13-22(30-25(36)21-11-16(2)38-31-21)26(37)32(4)17(3)24(35)29-14-18-8-9-19(27)12-20(18)28/h8-9,11-12,15,17,22H,5-7,10,13-14H2,1-4H3,(H,29,35)(H,30,36)/t15?,17?,22-/m0/s1. The molecule has 206 valence electrons. The van der Waals surface area contributed by atoms with Gasteiger partial charge in [0, 0.05) is 43.9 Å². The predicted molar refractivity (Wildman–Crippen MR) is 133 cm³/mol. The van der Waals surface area contributed by atoms with E-state index in [0.717, 1.165) is 30.2 Å². The Morgan fingerprint density at radius 1 is 1.21 bits per heavy atom. The van der Waals surface area contributed by atoms with Gasteiger partial charge in [-0.15, -0.1) is 0 Å². The Hall–Kier alpha value is -3.83. The van der Waals surface area contributed by atoms with E-state index in [1.165, 1.54) is 26.1 Å². The largest absolute Gasteiger partial charge is 0.361 e. The smallest absolute Gasteiger partial charge is 0.274 e. The van der Waals surface area contributed by atoms with E-state index in [9.17, 15) is 28.0 Å². The Morgan fingerprint density at radius 2 is 1.95 bits per heavy atom. The lowest BCUT2D eigenvalue weighted by Crippen LogP contribution is -2.55. The normalized spacial score (nSPS) is 16.9. The van der Waals surface area contributed by atoms with Gasteiger partial charge >= 0.3 is 0 Å². The molecule has 10 nitrogen and oxygen atoms in total. The van der Waals surface area contributed by atoms with Gasteiger partial charge in [-0.25, -0.2) is 8.78 Å². The first kappa shape index (κ1) is 28.7. The van der Waals surface area contributed by atoms with Crippen molar-refractivity contribution >= 4 is 23.6 Å². The molecule has 1 aromatic heterocycles. The molecule has 2 N–H and O–H groups in total. The fourth-order valence-electron chi connectivity index (χ4n) is 4.27. The molecule has 0 spiro atoms. The van der Waals surface area contributed by atoms with Gasteiger partial charge in [0.2, 0.25) is 17.7 Å². The second kappa shape index (κ2) is 12.6. The van der Waals surface area contributed by atoms with Crippen molar-refractivity contribution in [2.45, 2.75) is 71.1 Å². The molecule has 0 saturated carbocycles. The number of halogens is 2. The van der Waals surface area contributed by atoms with Gasteiger partial charge in [-0.05, 0) is 46.1 Å². The van der Waals surface area contributed by atoms with Crippen LogP contribution in [-0.4, -0.2) is 70.3 Å². The number of piperidine rings is 1. The zero-order valence-corrected chi connectivity index (χ0v) is 21.9. The van der Waals surface area contributed by atoms with E-state index in [1.54, 1.807) is 11.8 Å². The minimum atomic E-state index is -1.27. The maximum atomic E-state index is 13.9. The van der Waals surface area contributed by atoms with Gasteiger partial charge in [-0.3, -0.25) is 19.2 Å². The van der Waals surface area contributed by atoms with Crippen LogP contribution in [0.15, 0.2) is 28.8 Å². The number of likely N-dealkylation sites (N-methyl/N-ethyl adjacent to an activating group) is 1. The third-order valence-corrected chi connectivity index (χ3v) is 6.74. The number of likely N-dealkylation sites (tertiary alicyclic amines) is 1. The van der Waals surface area contributed by atoms with Crippen molar-refractivity contribution in [1.29, 1.82) is 0 Å². The van der Waals surface area contributed by atoms with Crippen molar-refractivity contribution in [1.82, 2.24) is 25.6 Å². The van der Waals surface area contributed by atoms with Crippen molar-refractivity contribution in [2.24, 2.45) is 0 Å². The molecule has 0 radical (unpaired) electrons. The molecule has 1 aliphatic heterocycles. The van der Waals surface area contributed by atoms with Gasteiger partial charge in [0.05, 0.1) is 6.42 Å². The number of hydrogen-bond acceptors (Lipinski definition) is 6. The van der Waals surface area contributed by atoms with Crippen molar-refractivity contribution in [3.63, 3.8) is 0 Å². The van der Waals surface area contributed by atoms with Crippen LogP contribution in [-0.2, 0) is 20.9 Å². The van der Waals surface area contributed by atoms with Gasteiger partial charge < -0.3 is 25.0 Å². The van der Waals surface area contributed by atoms with Crippen LogP contribution in [0.5, 0.6) is 0 Å². The number of carbonyl (C=O) groups excluding carboxylic acids is 4. The zero-order valence-electron chi connectivity index (χ0n) is 21.9. The Balaban J connectivity index is 1.71. The van der Waals surface area contributed by atoms with Gasteiger partial charge in [0.1, 0.15) is 29.5 Å². The summed E-state index contributed by atoms with van der Waals surface area (Å²) >= 11 is 0. The lowest BCUT2D eigenvalue weighted by molar-refractivity contribution is -0.143. The highest BCUT2D eigenvalue weighted by Gasteiger charge is 2.34. The summed E-state index contributed by atoms with van der Waals surface area (Å²) in [4.78, 5) is 54.9. The van der Waals surface area contributed by atoms with E-state index >= 15 is 0 Å². The van der Waals surface area contributed by atoms with Gasteiger partial charge in [0.25, 0.3) is 5.91 Å². The van der Waals surface area contributed by atoms with Gasteiger partial charge in [-0.2, -0.15) is 0 Å². The van der Waals surface area contributed by atoms with Crippen LogP contribution in [0, 0.1) is 18.6 Å². The quantitative estimate of drug-likeness (QED) is 0.510. The maximum absolute atomic E-state index is 13.9. The third kappa shape index (κ3) is 7.14. The van der Waals surface area contributed by atoms with E-state index in [1.807, 2.05) is 6.92 Å². The summed E-state index contributed by atoms with van der Waals surface area (Å²) in [6.45, 7) is 5.36. The number of carbonyl (C=O) groups is 4. The van der Waals surface area contributed by atoms with Crippen molar-refractivity contribution < 1.29 is 32.5 Å². The number of hydrogen-bond donors (Lipinski definition) is 2. The number of nitrogens with zero attached hydrogens (tertiary/aromatic N) is 3. The predicted octanol–water partition coefficient (Wildman–Crippen LogP) is 2.31. The second-order valence-electron chi connectivity index (χ2n) is 9.56. The van der Waals surface area contributed by atoms with Crippen molar-refractivity contribution in [2.75, 3.05) is 13.6 Å². The third-order valence-electron chi connectivity index (χ3n) is 6.74. The minimum Gasteiger partial charge on any atom is -0.361 e. The molecule has 1 fully saturated rings. The molecule has 0 aliphatic carbocycles. The number of aryl methyl sites for hydroxylation is 1. The number of rotatable bonds is 9. The zero-order chi connectivity index (χ0) is 28.0. The van der Waals surface area contributed by atoms with Crippen LogP contribution in [0.25, 0.3) is 0 Å². The molecule has 2 unspecified atom stereocenters. The Bertz CT molecular complexity index is 1190. The molecule has 4 amide bonds. The van der Waals surface area contributed by atoms with Crippen molar-refractivity contribution in [3.8, 4) is 0 Å². The molecule has 1 aliphatic rings. The molecule has 3 atom stereocenters. The highest BCUT2D eigenvalue weighted by atomic mass is 19.1. The Labute approximate surface area is 219 Å². The van der Waals surface area contributed by atoms with E-state index in [-0.39, 0.29) is 36.2 Å². The highest BCUT2D eigenvalue weighted by molar-refractivity contribution is 5.98. The summed E-state index contributed by atoms with van der Waals surface area (Å²) in [6.07, 6.45) is 2.41. The molecule has 1 aromatic carbocycles. The molecular formula is C26H33F2N5O5. The monoisotopic (exact) mass is 533 g/mol. The number of benzene rings is 1. The summed E-state index contributed by atoms with van der Waals surface area (Å²) in [5.74, 6) is -3.39. The molecule has 1 saturated heterocycles. The SMILES string of the molecule is Cc1cc(C(=O)N[C@@H](CC(=O)N2CCCCC2C)C(=O)N(C)C(C)C(=O)NCc2ccc(F)cc2F)no1. The maximum Gasteiger partial charge on any atom is 0.274 e. The first-order valence-corrected chi connectivity index (χ1v) is 12.5. The van der Waals surface area contributed by atoms with E-state index in [2.05, 4.69) is 15.8 Å². The average molecular weight is 534 g/mol. The summed E-state index contributed by atoms with van der Waals surface area (Å²) in [5.41, 5.74) is 0.0316. The molecule has 38 heavy (non-hydrogen) atoms. The Kier molecular flexibility index (Phi) is 9.54. The van der Waals surface area contributed by atoms with Crippen LogP contribution in [0.3, 0.4) is 0 Å². The topological polar surface area (TPSA) is 125 Å². The van der Waals surface area contributed by atoms with Crippen molar-refractivity contribution in [3.05, 3.63) is 52.9 Å². The molecular weight excluding hydrogens is 500 g/mol. The molecule has 12 heteroatoms. The summed E-state index contributed by atoms with van der Waals surface area (Å²) in [6, 6.07) is 2.13. The van der Waals surface area contributed by atoms with Crippen LogP contribution >= 0.6 is 0 Å². The number of aromatic nitrogens is 1. The lowest BCUT2D eigenvalue weighted by atomic mass is 10.0. The molecule has 2 aromatic rings. The average Bonchev–Trinajstić information content (AvgIpc) is 3.32. The summed E-state index contributed by atoms with van der Waals surface area (Å²) < 4.78 is 32.0. The minimum absolute atomic E-state index is 0.00943. The lowest BCUT2D eigenvalue weighted by Gasteiger charge is -2.35. The molecule has 3 rings (SSSR count). The second-order valence-corrected chi connectivity index (χ2v) is 9.56. The first-order valence-electron chi connectivity index (χ1n) is 12.5. The van der Waals surface area contributed by atoms with Gasteiger partial charge in [0.15, 0.2) is 5.69 Å². The highest BCUT2D eigenvalue weighted by Crippen LogP contribution is 2.19. The summed E-state index contributed by atoms with van der Waals surface area (Å²) in [5, 5.41) is 8.74. The molecule has 2 heterocycles. The van der Waals surface area contributed by atoms with Crippen LogP contribution in [0.2, 0.25) is 0 Å². The number of amides is 4. The van der Waals surface area contributed by atoms with Crippen LogP contribution in [0.1, 0.15) is 61.3 Å². The van der Waals surface area contributed by atoms with Crippen LogP contribution in [0.4, 0.5) is 8.78 Å².